The van der Waals surface area contributed by atoms with Gasteiger partial charge in [0.05, 0.1) is 11.4 Å². The van der Waals surface area contributed by atoms with Crippen LogP contribution in [0.5, 0.6) is 0 Å². The number of amides is 1. The summed E-state index contributed by atoms with van der Waals surface area (Å²) in [5.41, 5.74) is 0.506. The third-order valence-electron chi connectivity index (χ3n) is 4.02. The molecule has 0 N–H and O–H groups in total. The molecule has 1 fully saturated rings. The summed E-state index contributed by atoms with van der Waals surface area (Å²) in [6.45, 7) is 6.51. The lowest BCUT2D eigenvalue weighted by atomic mass is 10.2. The van der Waals surface area contributed by atoms with Gasteiger partial charge in [-0.25, -0.2) is 12.8 Å². The fraction of sp³-hybridized carbons (Fsp3) is 0.438. The van der Waals surface area contributed by atoms with Crippen LogP contribution in [0.2, 0.25) is 0 Å². The fourth-order valence-corrected chi connectivity index (χ4v) is 3.67. The van der Waals surface area contributed by atoms with E-state index < -0.39 is 21.0 Å². The minimum Gasteiger partial charge on any atom is -0.366 e. The van der Waals surface area contributed by atoms with Crippen molar-refractivity contribution >= 4 is 21.4 Å². The van der Waals surface area contributed by atoms with Crippen molar-refractivity contribution in [2.24, 2.45) is 0 Å². The Labute approximate surface area is 136 Å². The zero-order valence-corrected chi connectivity index (χ0v) is 13.9. The Morgan fingerprint density at radius 3 is 2.48 bits per heavy atom. The third-order valence-corrected chi connectivity index (χ3v) is 6.00. The van der Waals surface area contributed by atoms with Gasteiger partial charge in [0.25, 0.3) is 0 Å². The van der Waals surface area contributed by atoms with E-state index in [0.717, 1.165) is 0 Å². The van der Waals surface area contributed by atoms with E-state index in [1.165, 1.54) is 24.0 Å². The molecule has 1 amide bonds. The zero-order chi connectivity index (χ0) is 17.0. The van der Waals surface area contributed by atoms with Crippen molar-refractivity contribution in [3.63, 3.8) is 0 Å². The number of nitrogens with zero attached hydrogens (tertiary/aromatic N) is 2. The van der Waals surface area contributed by atoms with Gasteiger partial charge in [0.15, 0.2) is 9.84 Å². The molecule has 0 bridgehead atoms. The van der Waals surface area contributed by atoms with E-state index in [0.29, 0.717) is 31.9 Å². The Morgan fingerprint density at radius 1 is 1.30 bits per heavy atom. The number of anilines is 1. The number of carbonyl (C=O) groups excluding carboxylic acids is 1. The van der Waals surface area contributed by atoms with Crippen LogP contribution in [-0.2, 0) is 14.6 Å². The molecular formula is C16H21FN2O3S. The minimum atomic E-state index is -3.51. The number of sulfone groups is 1. The van der Waals surface area contributed by atoms with Gasteiger partial charge in [-0.15, -0.1) is 6.58 Å². The molecule has 5 nitrogen and oxygen atoms in total. The average Bonchev–Trinajstić information content (AvgIpc) is 2.54. The van der Waals surface area contributed by atoms with Gasteiger partial charge in [-0.05, 0) is 19.1 Å². The smallest absolute Gasteiger partial charge is 0.240 e. The Balaban J connectivity index is 2.00. The van der Waals surface area contributed by atoms with Crippen molar-refractivity contribution in [2.75, 3.05) is 36.8 Å². The van der Waals surface area contributed by atoms with E-state index in [9.17, 15) is 17.6 Å². The molecule has 1 aromatic carbocycles. The van der Waals surface area contributed by atoms with Gasteiger partial charge in [-0.3, -0.25) is 4.79 Å². The van der Waals surface area contributed by atoms with Gasteiger partial charge in [-0.2, -0.15) is 0 Å². The van der Waals surface area contributed by atoms with Crippen LogP contribution in [0.4, 0.5) is 10.1 Å². The van der Waals surface area contributed by atoms with E-state index in [1.807, 2.05) is 4.90 Å². The lowest BCUT2D eigenvalue weighted by molar-refractivity contribution is -0.130. The first-order chi connectivity index (χ1) is 10.9. The molecule has 1 aliphatic rings. The molecule has 2 rings (SSSR count). The van der Waals surface area contributed by atoms with E-state index in [4.69, 9.17) is 0 Å². The van der Waals surface area contributed by atoms with Gasteiger partial charge in [0.2, 0.25) is 5.91 Å². The Kier molecular flexibility index (Phi) is 5.41. The van der Waals surface area contributed by atoms with Crippen LogP contribution in [0.3, 0.4) is 0 Å². The maximum absolute atomic E-state index is 13.8. The summed E-state index contributed by atoms with van der Waals surface area (Å²) in [5, 5.41) is -1.08. The molecule has 23 heavy (non-hydrogen) atoms. The highest BCUT2D eigenvalue weighted by atomic mass is 32.2. The summed E-state index contributed by atoms with van der Waals surface area (Å²) in [7, 11) is -3.51. The monoisotopic (exact) mass is 340 g/mol. The highest BCUT2D eigenvalue weighted by Gasteiger charge is 2.32. The standard InChI is InChI=1S/C16H21FN2O3S/c1-3-12-23(21,22)13(2)16(20)19-10-8-18(9-11-19)15-7-5-4-6-14(15)17/h3-7,13H,1,8-12H2,2H3. The first kappa shape index (κ1) is 17.5. The molecule has 1 saturated heterocycles. The number of para-hydroxylation sites is 1. The molecule has 0 aliphatic carbocycles. The highest BCUT2D eigenvalue weighted by molar-refractivity contribution is 7.92. The Bertz CT molecular complexity index is 682. The summed E-state index contributed by atoms with van der Waals surface area (Å²) in [6, 6.07) is 6.49. The molecule has 0 spiro atoms. The van der Waals surface area contributed by atoms with Crippen molar-refractivity contribution in [3.8, 4) is 0 Å². The molecule has 0 aromatic heterocycles. The predicted molar refractivity (Wildman–Crippen MR) is 88.6 cm³/mol. The predicted octanol–water partition coefficient (Wildman–Crippen LogP) is 1.46. The van der Waals surface area contributed by atoms with Crippen molar-refractivity contribution in [1.82, 2.24) is 4.90 Å². The van der Waals surface area contributed by atoms with Crippen LogP contribution < -0.4 is 4.90 Å². The van der Waals surface area contributed by atoms with E-state index in [1.54, 1.807) is 18.2 Å². The molecule has 0 saturated carbocycles. The van der Waals surface area contributed by atoms with Gasteiger partial charge in [0.1, 0.15) is 11.1 Å². The van der Waals surface area contributed by atoms with E-state index >= 15 is 0 Å². The van der Waals surface area contributed by atoms with Crippen molar-refractivity contribution in [2.45, 2.75) is 12.2 Å². The SMILES string of the molecule is C=CCS(=O)(=O)C(C)C(=O)N1CCN(c2ccccc2F)CC1. The number of rotatable bonds is 5. The average molecular weight is 340 g/mol. The third kappa shape index (κ3) is 3.90. The Hall–Kier alpha value is -1.89. The van der Waals surface area contributed by atoms with Gasteiger partial charge in [0, 0.05) is 26.2 Å². The van der Waals surface area contributed by atoms with Gasteiger partial charge in [-0.1, -0.05) is 18.2 Å². The number of hydrogen-bond acceptors (Lipinski definition) is 4. The molecule has 1 aromatic rings. The number of halogens is 1. The summed E-state index contributed by atoms with van der Waals surface area (Å²) < 4.78 is 37.7. The zero-order valence-electron chi connectivity index (χ0n) is 13.1. The number of piperazine rings is 1. The maximum Gasteiger partial charge on any atom is 0.240 e. The minimum absolute atomic E-state index is 0.213. The van der Waals surface area contributed by atoms with E-state index in [-0.39, 0.29) is 11.6 Å². The summed E-state index contributed by atoms with van der Waals surface area (Å²) >= 11 is 0. The second-order valence-electron chi connectivity index (χ2n) is 5.52. The summed E-state index contributed by atoms with van der Waals surface area (Å²) in [5.74, 6) is -0.913. The van der Waals surface area contributed by atoms with Crippen molar-refractivity contribution in [3.05, 3.63) is 42.7 Å². The van der Waals surface area contributed by atoms with Crippen LogP contribution in [0.1, 0.15) is 6.92 Å². The number of carbonyl (C=O) groups is 1. The lowest BCUT2D eigenvalue weighted by Gasteiger charge is -2.37. The molecule has 126 valence electrons. The second kappa shape index (κ2) is 7.12. The Morgan fingerprint density at radius 2 is 1.91 bits per heavy atom. The van der Waals surface area contributed by atoms with Gasteiger partial charge < -0.3 is 9.80 Å². The molecule has 1 atom stereocenters. The highest BCUT2D eigenvalue weighted by Crippen LogP contribution is 2.20. The lowest BCUT2D eigenvalue weighted by Crippen LogP contribution is -2.52. The summed E-state index contributed by atoms with van der Waals surface area (Å²) in [6.07, 6.45) is 1.29. The first-order valence-corrected chi connectivity index (χ1v) is 9.19. The normalized spacial score (nSPS) is 17.0. The second-order valence-corrected chi connectivity index (χ2v) is 7.89. The maximum atomic E-state index is 13.8. The fourth-order valence-electron chi connectivity index (χ4n) is 2.60. The first-order valence-electron chi connectivity index (χ1n) is 7.47. The molecular weight excluding hydrogens is 319 g/mol. The van der Waals surface area contributed by atoms with Crippen LogP contribution in [0.15, 0.2) is 36.9 Å². The van der Waals surface area contributed by atoms with Crippen molar-refractivity contribution < 1.29 is 17.6 Å². The molecule has 7 heteroatoms. The number of hydrogen-bond donors (Lipinski definition) is 0. The largest absolute Gasteiger partial charge is 0.366 e. The summed E-state index contributed by atoms with van der Waals surface area (Å²) in [4.78, 5) is 15.7. The quantitative estimate of drug-likeness (QED) is 0.762. The van der Waals surface area contributed by atoms with Crippen LogP contribution in [-0.4, -0.2) is 56.4 Å². The van der Waals surface area contributed by atoms with Crippen LogP contribution >= 0.6 is 0 Å². The molecule has 0 radical (unpaired) electrons. The van der Waals surface area contributed by atoms with Crippen LogP contribution in [0, 0.1) is 5.82 Å². The van der Waals surface area contributed by atoms with Crippen LogP contribution in [0.25, 0.3) is 0 Å². The van der Waals surface area contributed by atoms with Gasteiger partial charge >= 0.3 is 0 Å². The van der Waals surface area contributed by atoms with E-state index in [2.05, 4.69) is 6.58 Å². The number of benzene rings is 1. The van der Waals surface area contributed by atoms with Crippen molar-refractivity contribution in [1.29, 1.82) is 0 Å². The topological polar surface area (TPSA) is 57.7 Å². The molecule has 1 unspecified atom stereocenters. The molecule has 1 aliphatic heterocycles. The molecule has 1 heterocycles.